The molecule has 1 N–H and O–H groups in total. The Bertz CT molecular complexity index is 1070. The number of morpholine rings is 1. The number of hydrogen-bond donors (Lipinski definition) is 1. The van der Waals surface area contributed by atoms with Crippen molar-refractivity contribution in [3.05, 3.63) is 58.8 Å². The summed E-state index contributed by atoms with van der Waals surface area (Å²) in [5.74, 6) is -0.0258. The number of anilines is 1. The zero-order chi connectivity index (χ0) is 20.4. The van der Waals surface area contributed by atoms with Gasteiger partial charge in [-0.2, -0.15) is 0 Å². The fraction of sp³-hybridized carbons (Fsp3) is 0.333. The van der Waals surface area contributed by atoms with Gasteiger partial charge in [0.05, 0.1) is 18.6 Å². The van der Waals surface area contributed by atoms with Crippen LogP contribution in [-0.2, 0) is 11.3 Å². The maximum Gasteiger partial charge on any atom is 0.289 e. The molecule has 2 aromatic heterocycles. The van der Waals surface area contributed by atoms with E-state index in [1.54, 1.807) is 12.1 Å². The highest BCUT2D eigenvalue weighted by Gasteiger charge is 2.22. The summed E-state index contributed by atoms with van der Waals surface area (Å²) in [5.41, 5.74) is 3.00. The Hall–Kier alpha value is -3.13. The van der Waals surface area contributed by atoms with Crippen molar-refractivity contribution < 1.29 is 13.9 Å². The second kappa shape index (κ2) is 8.08. The Morgan fingerprint density at radius 1 is 1.17 bits per heavy atom. The van der Waals surface area contributed by atoms with E-state index < -0.39 is 5.91 Å². The number of fused-ring (bicyclic) bond motifs is 1. The molecule has 7 nitrogen and oxygen atoms in total. The summed E-state index contributed by atoms with van der Waals surface area (Å²) in [6.07, 6.45) is 0. The van der Waals surface area contributed by atoms with Crippen molar-refractivity contribution in [2.24, 2.45) is 0 Å². The Kier molecular flexibility index (Phi) is 5.35. The van der Waals surface area contributed by atoms with Crippen molar-refractivity contribution in [3.63, 3.8) is 0 Å². The molecule has 1 fully saturated rings. The van der Waals surface area contributed by atoms with Gasteiger partial charge in [-0.25, -0.2) is 19.3 Å². The van der Waals surface area contributed by atoms with Gasteiger partial charge in [0, 0.05) is 25.3 Å². The third-order valence-corrected chi connectivity index (χ3v) is 4.83. The van der Waals surface area contributed by atoms with Gasteiger partial charge in [0.25, 0.3) is 5.91 Å². The first kappa shape index (κ1) is 19.2. The number of aromatic nitrogens is 3. The fourth-order valence-electron chi connectivity index (χ4n) is 3.47. The Morgan fingerprint density at radius 2 is 1.97 bits per heavy atom. The summed E-state index contributed by atoms with van der Waals surface area (Å²) in [6.45, 7) is 6.65. The van der Waals surface area contributed by atoms with Crippen LogP contribution in [0.3, 0.4) is 0 Å². The predicted molar refractivity (Wildman–Crippen MR) is 107 cm³/mol. The van der Waals surface area contributed by atoms with Crippen molar-refractivity contribution in [2.45, 2.75) is 20.4 Å². The lowest BCUT2D eigenvalue weighted by Gasteiger charge is -2.29. The number of hydrogen-bond acceptors (Lipinski definition) is 6. The molecule has 0 bridgehead atoms. The molecule has 0 saturated carbocycles. The highest BCUT2D eigenvalue weighted by Crippen LogP contribution is 2.27. The van der Waals surface area contributed by atoms with Gasteiger partial charge < -0.3 is 15.0 Å². The van der Waals surface area contributed by atoms with Gasteiger partial charge >= 0.3 is 0 Å². The van der Waals surface area contributed by atoms with Crippen LogP contribution in [0.2, 0.25) is 0 Å². The number of pyridine rings is 1. The van der Waals surface area contributed by atoms with Gasteiger partial charge in [-0.15, -0.1) is 0 Å². The van der Waals surface area contributed by atoms with E-state index in [0.717, 1.165) is 16.6 Å². The molecule has 150 valence electrons. The SMILES string of the molecule is Cc1cc(C)c2c(N3CCOCC3)nc(C(=O)NCc3cccc(F)c3)nc2n1. The number of rotatable bonds is 4. The highest BCUT2D eigenvalue weighted by atomic mass is 19.1. The number of carbonyl (C=O) groups excluding carboxylic acids is 1. The smallest absolute Gasteiger partial charge is 0.289 e. The molecule has 8 heteroatoms. The molecule has 4 rings (SSSR count). The Morgan fingerprint density at radius 3 is 2.72 bits per heavy atom. The van der Waals surface area contributed by atoms with Crippen molar-refractivity contribution in [1.82, 2.24) is 20.3 Å². The van der Waals surface area contributed by atoms with Crippen LogP contribution in [0.25, 0.3) is 11.0 Å². The molecule has 0 radical (unpaired) electrons. The molecule has 0 aliphatic carbocycles. The Balaban J connectivity index is 1.69. The summed E-state index contributed by atoms with van der Waals surface area (Å²) in [6, 6.07) is 8.09. The van der Waals surface area contributed by atoms with Crippen LogP contribution in [0.5, 0.6) is 0 Å². The zero-order valence-corrected chi connectivity index (χ0v) is 16.4. The quantitative estimate of drug-likeness (QED) is 0.731. The summed E-state index contributed by atoms with van der Waals surface area (Å²) in [4.78, 5) is 28.4. The molecule has 29 heavy (non-hydrogen) atoms. The van der Waals surface area contributed by atoms with Crippen LogP contribution in [-0.4, -0.2) is 47.2 Å². The maximum atomic E-state index is 13.4. The first-order valence-corrected chi connectivity index (χ1v) is 9.52. The topological polar surface area (TPSA) is 80.2 Å². The van der Waals surface area contributed by atoms with Gasteiger partial charge in [0.2, 0.25) is 5.82 Å². The molecule has 1 aliphatic rings. The fourth-order valence-corrected chi connectivity index (χ4v) is 3.47. The number of ether oxygens (including phenoxy) is 1. The summed E-state index contributed by atoms with van der Waals surface area (Å²) in [7, 11) is 0. The normalized spacial score (nSPS) is 14.2. The monoisotopic (exact) mass is 395 g/mol. The minimum absolute atomic E-state index is 0.0490. The maximum absolute atomic E-state index is 13.4. The molecule has 0 unspecified atom stereocenters. The molecule has 1 aliphatic heterocycles. The number of carbonyl (C=O) groups is 1. The van der Waals surface area contributed by atoms with E-state index >= 15 is 0 Å². The van der Waals surface area contributed by atoms with Crippen molar-refractivity contribution in [1.29, 1.82) is 0 Å². The van der Waals surface area contributed by atoms with E-state index in [-0.39, 0.29) is 18.2 Å². The summed E-state index contributed by atoms with van der Waals surface area (Å²) < 4.78 is 18.8. The number of nitrogens with one attached hydrogen (secondary N) is 1. The number of aryl methyl sites for hydroxylation is 2. The highest BCUT2D eigenvalue weighted by molar-refractivity contribution is 5.96. The molecule has 3 heterocycles. The van der Waals surface area contributed by atoms with Crippen molar-refractivity contribution >= 4 is 22.8 Å². The molecular weight excluding hydrogens is 373 g/mol. The number of nitrogens with zero attached hydrogens (tertiary/aromatic N) is 4. The lowest BCUT2D eigenvalue weighted by molar-refractivity contribution is 0.0940. The van der Waals surface area contributed by atoms with E-state index in [4.69, 9.17) is 4.74 Å². The van der Waals surface area contributed by atoms with Crippen LogP contribution >= 0.6 is 0 Å². The van der Waals surface area contributed by atoms with Crippen LogP contribution in [0.15, 0.2) is 30.3 Å². The lowest BCUT2D eigenvalue weighted by atomic mass is 10.1. The second-order valence-electron chi connectivity index (χ2n) is 7.06. The summed E-state index contributed by atoms with van der Waals surface area (Å²) in [5, 5.41) is 3.61. The predicted octanol–water partition coefficient (Wildman–Crippen LogP) is 2.55. The van der Waals surface area contributed by atoms with E-state index in [2.05, 4.69) is 25.2 Å². The minimum Gasteiger partial charge on any atom is -0.378 e. The van der Waals surface area contributed by atoms with Crippen molar-refractivity contribution in [2.75, 3.05) is 31.2 Å². The van der Waals surface area contributed by atoms with Gasteiger partial charge in [0.15, 0.2) is 5.65 Å². The van der Waals surface area contributed by atoms with Crippen LogP contribution in [0, 0.1) is 19.7 Å². The standard InChI is InChI=1S/C21H22FN5O2/c1-13-10-14(2)24-18-17(13)20(27-6-8-29-9-7-27)26-19(25-18)21(28)23-12-15-4-3-5-16(22)11-15/h3-5,10-11H,6-9,12H2,1-2H3,(H,23,28). The third kappa shape index (κ3) is 4.17. The van der Waals surface area contributed by atoms with Crippen LogP contribution in [0.4, 0.5) is 10.2 Å². The first-order valence-electron chi connectivity index (χ1n) is 9.52. The number of amides is 1. The van der Waals surface area contributed by atoms with Crippen LogP contribution < -0.4 is 10.2 Å². The largest absolute Gasteiger partial charge is 0.378 e. The van der Waals surface area contributed by atoms with Gasteiger partial charge in [-0.1, -0.05) is 12.1 Å². The van der Waals surface area contributed by atoms with E-state index in [9.17, 15) is 9.18 Å². The molecule has 0 spiro atoms. The van der Waals surface area contributed by atoms with E-state index in [1.165, 1.54) is 12.1 Å². The molecular formula is C21H22FN5O2. The molecule has 1 saturated heterocycles. The first-order chi connectivity index (χ1) is 14.0. The average Bonchev–Trinajstić information content (AvgIpc) is 2.71. The van der Waals surface area contributed by atoms with Crippen molar-refractivity contribution in [3.8, 4) is 0 Å². The molecule has 1 amide bonds. The third-order valence-electron chi connectivity index (χ3n) is 4.83. The lowest BCUT2D eigenvalue weighted by Crippen LogP contribution is -2.37. The molecule has 1 aromatic carbocycles. The van der Waals surface area contributed by atoms with Gasteiger partial charge in [-0.05, 0) is 43.2 Å². The Labute approximate surface area is 167 Å². The number of halogens is 1. The van der Waals surface area contributed by atoms with Crippen LogP contribution in [0.1, 0.15) is 27.4 Å². The summed E-state index contributed by atoms with van der Waals surface area (Å²) >= 11 is 0. The zero-order valence-electron chi connectivity index (χ0n) is 16.4. The minimum atomic E-state index is -0.424. The number of benzene rings is 1. The van der Waals surface area contributed by atoms with Gasteiger partial charge in [-0.3, -0.25) is 4.79 Å². The van der Waals surface area contributed by atoms with E-state index in [1.807, 2.05) is 19.9 Å². The van der Waals surface area contributed by atoms with E-state index in [0.29, 0.717) is 43.3 Å². The molecule has 3 aromatic rings. The van der Waals surface area contributed by atoms with Gasteiger partial charge in [0.1, 0.15) is 11.6 Å². The second-order valence-corrected chi connectivity index (χ2v) is 7.06. The average molecular weight is 395 g/mol. The molecule has 0 atom stereocenters.